The molecule has 2 heterocycles. The van der Waals surface area contributed by atoms with Crippen LogP contribution < -0.4 is 5.32 Å². The lowest BCUT2D eigenvalue weighted by Crippen LogP contribution is -2.50. The number of hydrogen-bond donors (Lipinski definition) is 3. The van der Waals surface area contributed by atoms with Crippen molar-refractivity contribution in [3.8, 4) is 0 Å². The van der Waals surface area contributed by atoms with E-state index in [1.807, 2.05) is 0 Å². The first-order valence-electron chi connectivity index (χ1n) is 6.05. The molecule has 0 aromatic carbocycles. The minimum absolute atomic E-state index is 0.0180. The Kier molecular flexibility index (Phi) is 4.74. The molecule has 2 rings (SSSR count). The summed E-state index contributed by atoms with van der Waals surface area (Å²) in [6.07, 6.45) is 3.96. The van der Waals surface area contributed by atoms with Gasteiger partial charge in [0.25, 0.3) is 5.91 Å². The zero-order valence-electron chi connectivity index (χ0n) is 10.1. The van der Waals surface area contributed by atoms with Gasteiger partial charge in [0.15, 0.2) is 0 Å². The fourth-order valence-electron chi connectivity index (χ4n) is 1.97. The summed E-state index contributed by atoms with van der Waals surface area (Å²) in [6, 6.07) is 1.54. The number of rotatable bonds is 5. The lowest BCUT2D eigenvalue weighted by Gasteiger charge is -2.31. The van der Waals surface area contributed by atoms with Crippen LogP contribution in [0.4, 0.5) is 0 Å². The molecule has 18 heavy (non-hydrogen) atoms. The van der Waals surface area contributed by atoms with E-state index in [0.29, 0.717) is 18.8 Å². The third-order valence-corrected chi connectivity index (χ3v) is 2.89. The number of aliphatic hydroxyl groups is 1. The molecule has 1 aromatic rings. The van der Waals surface area contributed by atoms with Gasteiger partial charge in [0, 0.05) is 19.0 Å². The largest absolute Gasteiger partial charge is 0.394 e. The van der Waals surface area contributed by atoms with Crippen LogP contribution in [-0.2, 0) is 9.47 Å². The molecular weight excluding hydrogens is 236 g/mol. The number of carbonyl (C=O) groups excluding carboxylic acids is 1. The van der Waals surface area contributed by atoms with E-state index in [4.69, 9.17) is 14.6 Å². The van der Waals surface area contributed by atoms with Gasteiger partial charge in [-0.3, -0.25) is 4.79 Å². The number of ether oxygens (including phenoxy) is 2. The van der Waals surface area contributed by atoms with Crippen LogP contribution in [0.25, 0.3) is 0 Å². The van der Waals surface area contributed by atoms with E-state index in [1.165, 1.54) is 0 Å². The van der Waals surface area contributed by atoms with Crippen LogP contribution in [0, 0.1) is 0 Å². The van der Waals surface area contributed by atoms with Crippen LogP contribution in [0.3, 0.4) is 0 Å². The van der Waals surface area contributed by atoms with E-state index in [0.717, 1.165) is 6.42 Å². The number of aromatic nitrogens is 1. The maximum atomic E-state index is 11.9. The topological polar surface area (TPSA) is 83.6 Å². The molecule has 1 saturated heterocycles. The molecule has 0 unspecified atom stereocenters. The Morgan fingerprint density at radius 2 is 2.56 bits per heavy atom. The molecule has 100 valence electrons. The Morgan fingerprint density at radius 1 is 1.67 bits per heavy atom. The maximum absolute atomic E-state index is 11.9. The smallest absolute Gasteiger partial charge is 0.253 e. The van der Waals surface area contributed by atoms with E-state index in [1.54, 1.807) is 18.5 Å². The van der Waals surface area contributed by atoms with E-state index in [2.05, 4.69) is 10.3 Å². The summed E-state index contributed by atoms with van der Waals surface area (Å²) in [5, 5.41) is 11.7. The fourth-order valence-corrected chi connectivity index (χ4v) is 1.97. The number of nitrogens with one attached hydrogen (secondary N) is 2. The van der Waals surface area contributed by atoms with Gasteiger partial charge >= 0.3 is 0 Å². The van der Waals surface area contributed by atoms with Gasteiger partial charge in [-0.25, -0.2) is 0 Å². The first kappa shape index (κ1) is 13.1. The summed E-state index contributed by atoms with van der Waals surface area (Å²) in [5.41, 5.74) is 0.585. The van der Waals surface area contributed by atoms with Gasteiger partial charge < -0.3 is 24.9 Å². The SMILES string of the molecule is O=C(N[C@H]1COCC[C@H]1OCCO)c1cc[nH]c1. The van der Waals surface area contributed by atoms with E-state index in [9.17, 15) is 4.79 Å². The summed E-state index contributed by atoms with van der Waals surface area (Å²) in [5.74, 6) is -0.149. The number of hydrogen-bond acceptors (Lipinski definition) is 4. The van der Waals surface area contributed by atoms with Gasteiger partial charge in [-0.15, -0.1) is 0 Å². The maximum Gasteiger partial charge on any atom is 0.253 e. The first-order valence-corrected chi connectivity index (χ1v) is 6.05. The number of aromatic amines is 1. The number of H-pyrrole nitrogens is 1. The Bertz CT molecular complexity index is 366. The molecule has 2 atom stereocenters. The van der Waals surface area contributed by atoms with Gasteiger partial charge in [-0.05, 0) is 12.5 Å². The summed E-state index contributed by atoms with van der Waals surface area (Å²) >= 11 is 0. The highest BCUT2D eigenvalue weighted by molar-refractivity contribution is 5.94. The lowest BCUT2D eigenvalue weighted by atomic mass is 10.1. The average Bonchev–Trinajstić information content (AvgIpc) is 2.91. The van der Waals surface area contributed by atoms with Crippen LogP contribution in [-0.4, -0.2) is 54.6 Å². The van der Waals surface area contributed by atoms with Crippen LogP contribution >= 0.6 is 0 Å². The Hall–Kier alpha value is -1.37. The fraction of sp³-hybridized carbons (Fsp3) is 0.583. The quantitative estimate of drug-likeness (QED) is 0.686. The molecule has 1 aliphatic rings. The molecule has 0 bridgehead atoms. The second-order valence-electron chi connectivity index (χ2n) is 4.18. The summed E-state index contributed by atoms with van der Waals surface area (Å²) in [4.78, 5) is 14.7. The predicted octanol–water partition coefficient (Wildman–Crippen LogP) is -0.0891. The zero-order valence-corrected chi connectivity index (χ0v) is 10.1. The van der Waals surface area contributed by atoms with Crippen molar-refractivity contribution < 1.29 is 19.4 Å². The minimum atomic E-state index is -0.173. The summed E-state index contributed by atoms with van der Waals surface area (Å²) in [7, 11) is 0. The lowest BCUT2D eigenvalue weighted by molar-refractivity contribution is -0.0612. The highest BCUT2D eigenvalue weighted by Crippen LogP contribution is 2.12. The van der Waals surface area contributed by atoms with Crippen molar-refractivity contribution in [2.24, 2.45) is 0 Å². The van der Waals surface area contributed by atoms with E-state index in [-0.39, 0.29) is 31.3 Å². The van der Waals surface area contributed by atoms with Crippen LogP contribution in [0.1, 0.15) is 16.8 Å². The average molecular weight is 254 g/mol. The van der Waals surface area contributed by atoms with Gasteiger partial charge in [0.05, 0.1) is 37.5 Å². The van der Waals surface area contributed by atoms with Crippen molar-refractivity contribution in [1.82, 2.24) is 10.3 Å². The first-order chi connectivity index (χ1) is 8.81. The van der Waals surface area contributed by atoms with Crippen LogP contribution in [0.5, 0.6) is 0 Å². The molecular formula is C12H18N2O4. The zero-order chi connectivity index (χ0) is 12.8. The minimum Gasteiger partial charge on any atom is -0.394 e. The van der Waals surface area contributed by atoms with Gasteiger partial charge in [-0.1, -0.05) is 0 Å². The molecule has 6 heteroatoms. The normalized spacial score (nSPS) is 23.8. The molecule has 6 nitrogen and oxygen atoms in total. The Morgan fingerprint density at radius 3 is 3.28 bits per heavy atom. The second-order valence-corrected chi connectivity index (χ2v) is 4.18. The van der Waals surface area contributed by atoms with Crippen LogP contribution in [0.2, 0.25) is 0 Å². The van der Waals surface area contributed by atoms with Crippen molar-refractivity contribution in [3.63, 3.8) is 0 Å². The predicted molar refractivity (Wildman–Crippen MR) is 64.3 cm³/mol. The van der Waals surface area contributed by atoms with Crippen LogP contribution in [0.15, 0.2) is 18.5 Å². The van der Waals surface area contributed by atoms with Crippen molar-refractivity contribution in [3.05, 3.63) is 24.0 Å². The van der Waals surface area contributed by atoms with Gasteiger partial charge in [0.2, 0.25) is 0 Å². The molecule has 3 N–H and O–H groups in total. The number of amides is 1. The molecule has 0 radical (unpaired) electrons. The Balaban J connectivity index is 1.90. The molecule has 0 aliphatic carbocycles. The number of carbonyl (C=O) groups is 1. The summed E-state index contributed by atoms with van der Waals surface area (Å²) < 4.78 is 10.9. The third-order valence-electron chi connectivity index (χ3n) is 2.89. The standard InChI is InChI=1S/C12H18N2O4/c15-4-6-18-11-2-5-17-8-10(11)14-12(16)9-1-3-13-7-9/h1,3,7,10-11,13,15H,2,4-6,8H2,(H,14,16)/t10-,11+/m0/s1. The third kappa shape index (κ3) is 3.32. The monoisotopic (exact) mass is 254 g/mol. The van der Waals surface area contributed by atoms with Gasteiger partial charge in [-0.2, -0.15) is 0 Å². The highest BCUT2D eigenvalue weighted by atomic mass is 16.5. The van der Waals surface area contributed by atoms with Crippen molar-refractivity contribution in [1.29, 1.82) is 0 Å². The van der Waals surface area contributed by atoms with Crippen molar-refractivity contribution in [2.75, 3.05) is 26.4 Å². The second kappa shape index (κ2) is 6.53. The highest BCUT2D eigenvalue weighted by Gasteiger charge is 2.28. The Labute approximate surface area is 105 Å². The molecule has 0 spiro atoms. The van der Waals surface area contributed by atoms with Gasteiger partial charge in [0.1, 0.15) is 0 Å². The van der Waals surface area contributed by atoms with Crippen molar-refractivity contribution >= 4 is 5.91 Å². The van der Waals surface area contributed by atoms with E-state index < -0.39 is 0 Å². The molecule has 0 saturated carbocycles. The molecule has 1 fully saturated rings. The number of aliphatic hydroxyl groups excluding tert-OH is 1. The molecule has 1 aromatic heterocycles. The van der Waals surface area contributed by atoms with Crippen molar-refractivity contribution in [2.45, 2.75) is 18.6 Å². The molecule has 1 aliphatic heterocycles. The van der Waals surface area contributed by atoms with E-state index >= 15 is 0 Å². The summed E-state index contributed by atoms with van der Waals surface area (Å²) in [6.45, 7) is 1.32. The molecule has 1 amide bonds.